The third-order valence-electron chi connectivity index (χ3n) is 3.03. The van der Waals surface area contributed by atoms with Crippen LogP contribution in [0.15, 0.2) is 12.4 Å². The summed E-state index contributed by atoms with van der Waals surface area (Å²) in [6.07, 6.45) is 2.33. The number of methoxy groups -OCH3 is 3. The Kier molecular flexibility index (Phi) is 4.54. The van der Waals surface area contributed by atoms with Crippen LogP contribution >= 0.6 is 0 Å². The summed E-state index contributed by atoms with van der Waals surface area (Å²) >= 11 is 0. The first-order chi connectivity index (χ1) is 8.66. The van der Waals surface area contributed by atoms with E-state index in [-0.39, 0.29) is 5.82 Å². The molecule has 0 aliphatic carbocycles. The molecule has 0 spiro atoms. The Balaban J connectivity index is 3.58. The van der Waals surface area contributed by atoms with Crippen molar-refractivity contribution in [2.45, 2.75) is 17.9 Å². The monoisotopic (exact) mass is 310 g/mol. The number of hydrogen-bond acceptors (Lipinski definition) is 6. The summed E-state index contributed by atoms with van der Waals surface area (Å²) in [6.45, 7) is 1.70. The van der Waals surface area contributed by atoms with Crippen molar-refractivity contribution < 1.29 is 27.2 Å². The molecule has 0 aliphatic rings. The van der Waals surface area contributed by atoms with E-state index in [1.54, 1.807) is 6.92 Å². The van der Waals surface area contributed by atoms with Gasteiger partial charge in [0.25, 0.3) is 5.79 Å². The Morgan fingerprint density at radius 3 is 2.21 bits per heavy atom. The van der Waals surface area contributed by atoms with Gasteiger partial charge in [-0.25, -0.2) is 8.96 Å². The average Bonchev–Trinajstić information content (AvgIpc) is 2.80. The first kappa shape index (κ1) is 16.3. The molecule has 0 radical (unpaired) electrons. The summed E-state index contributed by atoms with van der Waals surface area (Å²) in [7, 11) is 0.103. The fraction of sp³-hybridized carbons (Fsp3) is 0.667. The Morgan fingerprint density at radius 1 is 1.32 bits per heavy atom. The van der Waals surface area contributed by atoms with Crippen LogP contribution in [0.2, 0.25) is 0 Å². The van der Waals surface area contributed by atoms with E-state index in [9.17, 15) is 13.0 Å². The van der Waals surface area contributed by atoms with Crippen LogP contribution < -0.4 is 0 Å². The Bertz CT molecular complexity index is 537. The highest BCUT2D eigenvalue weighted by atomic mass is 32.2. The van der Waals surface area contributed by atoms with Gasteiger partial charge in [0.05, 0.1) is 10.2 Å². The van der Waals surface area contributed by atoms with E-state index in [1.807, 2.05) is 0 Å². The minimum atomic E-state index is -4.51. The third kappa shape index (κ3) is 2.59. The molecule has 0 bridgehead atoms. The quantitative estimate of drug-likeness (QED) is 0.396. The van der Waals surface area contributed by atoms with Gasteiger partial charge in [-0.2, -0.15) is 8.42 Å². The van der Waals surface area contributed by atoms with Crippen LogP contribution in [0, 0.1) is 0 Å². The summed E-state index contributed by atoms with van der Waals surface area (Å²) in [5, 5.41) is -0.926. The van der Waals surface area contributed by atoms with Crippen molar-refractivity contribution in [2.24, 2.45) is 0 Å². The molecule has 0 saturated carbocycles. The van der Waals surface area contributed by atoms with E-state index >= 15 is 0 Å². The zero-order valence-corrected chi connectivity index (χ0v) is 14.3. The minimum absolute atomic E-state index is 0.112. The smallest absolute Gasteiger partial charge is 0.365 e. The molecule has 1 aromatic rings. The predicted octanol–water partition coefficient (Wildman–Crippen LogP) is -1.29. The summed E-state index contributed by atoms with van der Waals surface area (Å²) < 4.78 is 48.6. The molecule has 0 aliphatic heterocycles. The molecule has 1 rings (SSSR count). The fourth-order valence-corrected chi connectivity index (χ4v) is 3.10. The zero-order chi connectivity index (χ0) is 14.9. The zero-order valence-electron chi connectivity index (χ0n) is 11.4. The van der Waals surface area contributed by atoms with E-state index in [2.05, 4.69) is 4.98 Å². The van der Waals surface area contributed by atoms with Gasteiger partial charge in [0.1, 0.15) is 5.22 Å². The SMILES string of the molecule is COC(C)([SiH3])C(OC)(OC)c1nccn1S(=O)(=O)O. The van der Waals surface area contributed by atoms with Gasteiger partial charge < -0.3 is 14.2 Å². The molecule has 0 fully saturated rings. The molecule has 1 aromatic heterocycles. The van der Waals surface area contributed by atoms with E-state index < -0.39 is 21.3 Å². The van der Waals surface area contributed by atoms with Crippen molar-refractivity contribution in [1.29, 1.82) is 0 Å². The van der Waals surface area contributed by atoms with Crippen molar-refractivity contribution >= 4 is 20.5 Å². The largest absolute Gasteiger partial charge is 0.377 e. The lowest BCUT2D eigenvalue weighted by Gasteiger charge is -2.42. The third-order valence-corrected chi connectivity index (χ3v) is 4.89. The van der Waals surface area contributed by atoms with Crippen molar-refractivity contribution in [3.63, 3.8) is 0 Å². The highest BCUT2D eigenvalue weighted by Crippen LogP contribution is 2.36. The average molecular weight is 310 g/mol. The molecule has 0 amide bonds. The molecule has 110 valence electrons. The summed E-state index contributed by atoms with van der Waals surface area (Å²) in [6, 6.07) is 0. The molecular formula is C9H18N2O6SSi. The fourth-order valence-electron chi connectivity index (χ4n) is 1.87. The molecular weight excluding hydrogens is 292 g/mol. The lowest BCUT2D eigenvalue weighted by molar-refractivity contribution is -0.290. The molecule has 19 heavy (non-hydrogen) atoms. The highest BCUT2D eigenvalue weighted by molar-refractivity contribution is 7.84. The molecule has 8 nitrogen and oxygen atoms in total. The highest BCUT2D eigenvalue weighted by Gasteiger charge is 2.52. The number of imidazole rings is 1. The summed E-state index contributed by atoms with van der Waals surface area (Å²) in [4.78, 5) is 3.93. The summed E-state index contributed by atoms with van der Waals surface area (Å²) in [5.74, 6) is -1.66. The maximum atomic E-state index is 11.3. The van der Waals surface area contributed by atoms with Gasteiger partial charge in [-0.1, -0.05) is 0 Å². The van der Waals surface area contributed by atoms with Gasteiger partial charge in [-0.05, 0) is 6.92 Å². The first-order valence-corrected chi connectivity index (χ1v) is 7.73. The number of ether oxygens (including phenoxy) is 3. The maximum Gasteiger partial charge on any atom is 0.365 e. The van der Waals surface area contributed by atoms with Gasteiger partial charge in [0, 0.05) is 33.7 Å². The summed E-state index contributed by atoms with van der Waals surface area (Å²) in [5.41, 5.74) is 0. The molecule has 1 atom stereocenters. The number of hydrogen-bond donors (Lipinski definition) is 1. The van der Waals surface area contributed by atoms with Crippen molar-refractivity contribution in [3.05, 3.63) is 18.2 Å². The molecule has 1 heterocycles. The van der Waals surface area contributed by atoms with E-state index in [4.69, 9.17) is 14.2 Å². The number of rotatable bonds is 6. The minimum Gasteiger partial charge on any atom is -0.377 e. The van der Waals surface area contributed by atoms with Crippen LogP contribution in [0.4, 0.5) is 0 Å². The molecule has 1 N–H and O–H groups in total. The van der Waals surface area contributed by atoms with Crippen LogP contribution in [0.1, 0.15) is 12.7 Å². The predicted molar refractivity (Wildman–Crippen MR) is 70.2 cm³/mol. The van der Waals surface area contributed by atoms with Gasteiger partial charge in [0.2, 0.25) is 0 Å². The van der Waals surface area contributed by atoms with Crippen LogP contribution in [0.25, 0.3) is 0 Å². The lowest BCUT2D eigenvalue weighted by Crippen LogP contribution is -2.55. The maximum absolute atomic E-state index is 11.3. The topological polar surface area (TPSA) is 99.9 Å². The molecule has 0 aromatic carbocycles. The number of aromatic nitrogens is 2. The van der Waals surface area contributed by atoms with E-state index in [0.717, 1.165) is 6.20 Å². The second-order valence-corrected chi connectivity index (χ2v) is 7.46. The Labute approximate surface area is 115 Å². The second-order valence-electron chi connectivity index (χ2n) is 4.26. The van der Waals surface area contributed by atoms with Gasteiger partial charge in [-0.15, -0.1) is 0 Å². The first-order valence-electron chi connectivity index (χ1n) is 5.33. The van der Waals surface area contributed by atoms with Gasteiger partial charge in [-0.3, -0.25) is 4.55 Å². The van der Waals surface area contributed by atoms with E-state index in [0.29, 0.717) is 14.2 Å². The van der Waals surface area contributed by atoms with Crippen molar-refractivity contribution in [2.75, 3.05) is 21.3 Å². The van der Waals surface area contributed by atoms with Crippen LogP contribution in [0.3, 0.4) is 0 Å². The second kappa shape index (κ2) is 5.30. The van der Waals surface area contributed by atoms with Crippen LogP contribution in [-0.2, 0) is 30.3 Å². The molecule has 1 unspecified atom stereocenters. The van der Waals surface area contributed by atoms with Crippen molar-refractivity contribution in [3.8, 4) is 0 Å². The molecule has 0 saturated heterocycles. The van der Waals surface area contributed by atoms with Gasteiger partial charge >= 0.3 is 10.3 Å². The van der Waals surface area contributed by atoms with Gasteiger partial charge in [0.15, 0.2) is 5.82 Å². The lowest BCUT2D eigenvalue weighted by atomic mass is 10.1. The number of nitrogens with zero attached hydrogens (tertiary/aromatic N) is 2. The van der Waals surface area contributed by atoms with Crippen LogP contribution in [0.5, 0.6) is 0 Å². The molecule has 10 heteroatoms. The standard InChI is InChI=1S/C9H18N2O6SSi/c1-8(19,15-2)9(16-3,17-4)7-10-5-6-11(7)18(12,13)14/h5-6H,1-4,19H3,(H,12,13,14). The van der Waals surface area contributed by atoms with Crippen LogP contribution in [-0.4, -0.2) is 58.7 Å². The Morgan fingerprint density at radius 2 is 1.84 bits per heavy atom. The van der Waals surface area contributed by atoms with E-state index in [1.165, 1.54) is 27.5 Å². The van der Waals surface area contributed by atoms with Crippen molar-refractivity contribution in [1.82, 2.24) is 8.96 Å². The Hall–Kier alpha value is -0.783. The normalized spacial score (nSPS) is 16.5.